The molecule has 0 saturated heterocycles. The first-order valence-corrected chi connectivity index (χ1v) is 19.8. The summed E-state index contributed by atoms with van der Waals surface area (Å²) in [6.45, 7) is 14.4. The number of benzene rings is 3. The number of hydrogen-bond donors (Lipinski definition) is 2. The van der Waals surface area contributed by atoms with Crippen LogP contribution >= 0.6 is 0 Å². The Morgan fingerprint density at radius 2 is 1.76 bits per heavy atom. The molecule has 1 unspecified atom stereocenters. The summed E-state index contributed by atoms with van der Waals surface area (Å²) >= 11 is -1.23. The van der Waals surface area contributed by atoms with Crippen LogP contribution in [0.4, 0.5) is 11.4 Å². The highest BCUT2D eigenvalue weighted by Gasteiger charge is 2.21. The minimum atomic E-state index is -1.23. The van der Waals surface area contributed by atoms with E-state index >= 15 is 0 Å². The summed E-state index contributed by atoms with van der Waals surface area (Å²) in [6, 6.07) is 22.0. The van der Waals surface area contributed by atoms with Crippen molar-refractivity contribution in [2.24, 2.45) is 5.92 Å². The topological polar surface area (TPSA) is 103 Å². The van der Waals surface area contributed by atoms with E-state index < -0.39 is 11.2 Å². The number of fused-ring (bicyclic) bond motifs is 1. The molecule has 0 saturated carbocycles. The lowest BCUT2D eigenvalue weighted by Crippen LogP contribution is -2.30. The molecule has 0 fully saturated rings. The number of H-pyrrole nitrogens is 1. The van der Waals surface area contributed by atoms with E-state index in [0.717, 1.165) is 103 Å². The minimum Gasteiger partial charge on any atom is -0.611 e. The zero-order valence-corrected chi connectivity index (χ0v) is 31.7. The summed E-state index contributed by atoms with van der Waals surface area (Å²) in [5.41, 5.74) is 7.57. The number of aromatic nitrogens is 2. The van der Waals surface area contributed by atoms with Crippen molar-refractivity contribution in [2.75, 3.05) is 43.1 Å². The number of carbonyl (C=O) groups excluding carboxylic acids is 1. The maximum atomic E-state index is 13.7. The number of amides is 1. The van der Waals surface area contributed by atoms with Gasteiger partial charge in [0.25, 0.3) is 5.91 Å². The Bertz CT molecular complexity index is 1730. The molecule has 272 valence electrons. The second-order valence-electron chi connectivity index (χ2n) is 13.7. The van der Waals surface area contributed by atoms with E-state index in [-0.39, 0.29) is 5.91 Å². The first kappa shape index (κ1) is 38.2. The molecule has 51 heavy (non-hydrogen) atoms. The summed E-state index contributed by atoms with van der Waals surface area (Å²) in [5, 5.41) is 3.10. The Labute approximate surface area is 307 Å². The van der Waals surface area contributed by atoms with E-state index in [1.54, 1.807) is 0 Å². The molecule has 8 nitrogen and oxygen atoms in total. The highest BCUT2D eigenvalue weighted by atomic mass is 32.2. The van der Waals surface area contributed by atoms with E-state index in [2.05, 4.69) is 84.3 Å². The Morgan fingerprint density at radius 1 is 1.00 bits per heavy atom. The molecule has 0 spiro atoms. The van der Waals surface area contributed by atoms with Crippen LogP contribution in [0.2, 0.25) is 0 Å². The zero-order chi connectivity index (χ0) is 36.2. The van der Waals surface area contributed by atoms with Gasteiger partial charge in [-0.3, -0.25) is 4.79 Å². The Kier molecular flexibility index (Phi) is 14.2. The largest absolute Gasteiger partial charge is 0.611 e. The van der Waals surface area contributed by atoms with Crippen LogP contribution in [0.15, 0.2) is 77.2 Å². The van der Waals surface area contributed by atoms with Gasteiger partial charge in [-0.05, 0) is 121 Å². The first-order chi connectivity index (χ1) is 24.7. The van der Waals surface area contributed by atoms with Crippen molar-refractivity contribution in [1.29, 1.82) is 0 Å². The van der Waals surface area contributed by atoms with Crippen LogP contribution in [0.1, 0.15) is 82.6 Å². The number of hydrogen-bond acceptors (Lipinski definition) is 6. The molecular weight excluding hydrogens is 657 g/mol. The summed E-state index contributed by atoms with van der Waals surface area (Å²) in [6.07, 6.45) is 7.68. The predicted molar refractivity (Wildman–Crippen MR) is 210 cm³/mol. The fraction of sp³-hybridized carbons (Fsp3) is 0.429. The van der Waals surface area contributed by atoms with Gasteiger partial charge in [0.15, 0.2) is 10.6 Å². The lowest BCUT2D eigenvalue weighted by molar-refractivity contribution is -0.112. The maximum Gasteiger partial charge on any atom is 0.251 e. The van der Waals surface area contributed by atoms with E-state index in [1.807, 2.05) is 43.3 Å². The van der Waals surface area contributed by atoms with Crippen LogP contribution in [0, 0.1) is 12.8 Å². The molecule has 1 aromatic heterocycles. The fourth-order valence-electron chi connectivity index (χ4n) is 6.27. The van der Waals surface area contributed by atoms with Gasteiger partial charge in [0.2, 0.25) is 0 Å². The first-order valence-electron chi connectivity index (χ1n) is 18.5. The summed E-state index contributed by atoms with van der Waals surface area (Å²) < 4.78 is 24.7. The van der Waals surface area contributed by atoms with Crippen molar-refractivity contribution in [3.63, 3.8) is 0 Å². The number of rotatable bonds is 17. The molecular formula is C42H54N4O4S. The Hall–Kier alpha value is -4.05. The van der Waals surface area contributed by atoms with Gasteiger partial charge in [-0.15, -0.1) is 0 Å². The Balaban J connectivity index is 1.29. The summed E-state index contributed by atoms with van der Waals surface area (Å²) in [4.78, 5) is 24.8. The molecule has 9 heteroatoms. The molecule has 1 aliphatic rings. The number of aryl methyl sites for hydroxylation is 2. The summed E-state index contributed by atoms with van der Waals surface area (Å²) in [5.74, 6) is 2.53. The number of nitrogens with one attached hydrogen (secondary N) is 2. The highest BCUT2D eigenvalue weighted by molar-refractivity contribution is 7.90. The van der Waals surface area contributed by atoms with Gasteiger partial charge >= 0.3 is 0 Å². The van der Waals surface area contributed by atoms with Crippen LogP contribution in [0.3, 0.4) is 0 Å². The molecule has 0 radical (unpaired) electrons. The van der Waals surface area contributed by atoms with E-state index in [4.69, 9.17) is 9.47 Å². The van der Waals surface area contributed by atoms with Crippen LogP contribution in [-0.2, 0) is 32.9 Å². The quantitative estimate of drug-likeness (QED) is 0.0837. The third-order valence-corrected chi connectivity index (χ3v) is 10.3. The molecule has 0 bridgehead atoms. The van der Waals surface area contributed by atoms with Gasteiger partial charge in [0, 0.05) is 43.1 Å². The van der Waals surface area contributed by atoms with E-state index in [9.17, 15) is 9.35 Å². The molecule has 3 aromatic carbocycles. The van der Waals surface area contributed by atoms with Crippen LogP contribution in [0.5, 0.6) is 5.75 Å². The SMILES string of the molecule is CCCCOCCOc1ccc(-c2ccc3c(c2)/C=C(/C(=O)Nc2ccc([S+]([O-])Cc4[nH]c(CCC)nc4C)cc2)CCCN3CC(C)C)cc1. The van der Waals surface area contributed by atoms with Gasteiger partial charge in [-0.2, -0.15) is 0 Å². The number of anilines is 2. The lowest BCUT2D eigenvalue weighted by Gasteiger charge is -2.30. The average molecular weight is 711 g/mol. The lowest BCUT2D eigenvalue weighted by atomic mass is 9.96. The zero-order valence-electron chi connectivity index (χ0n) is 30.9. The van der Waals surface area contributed by atoms with Crippen molar-refractivity contribution in [1.82, 2.24) is 9.97 Å². The second kappa shape index (κ2) is 19.0. The van der Waals surface area contributed by atoms with Crippen molar-refractivity contribution in [3.05, 3.63) is 95.1 Å². The van der Waals surface area contributed by atoms with Gasteiger partial charge in [0.05, 0.1) is 18.0 Å². The van der Waals surface area contributed by atoms with Gasteiger partial charge < -0.3 is 29.2 Å². The molecule has 0 aliphatic carbocycles. The molecule has 1 amide bonds. The maximum absolute atomic E-state index is 13.7. The Morgan fingerprint density at radius 3 is 2.49 bits per heavy atom. The minimum absolute atomic E-state index is 0.116. The van der Waals surface area contributed by atoms with Crippen molar-refractivity contribution in [3.8, 4) is 16.9 Å². The number of nitrogens with zero attached hydrogens (tertiary/aromatic N) is 2. The molecule has 4 aromatic rings. The van der Waals surface area contributed by atoms with Crippen LogP contribution < -0.4 is 15.0 Å². The number of unbranched alkanes of at least 4 members (excludes halogenated alkanes) is 1. The average Bonchev–Trinajstić information content (AvgIpc) is 3.46. The molecule has 1 aliphatic heterocycles. The van der Waals surface area contributed by atoms with E-state index in [0.29, 0.717) is 41.9 Å². The van der Waals surface area contributed by atoms with Gasteiger partial charge in [0.1, 0.15) is 18.2 Å². The third kappa shape index (κ3) is 11.0. The van der Waals surface area contributed by atoms with Crippen LogP contribution in [0.25, 0.3) is 17.2 Å². The smallest absolute Gasteiger partial charge is 0.251 e. The monoisotopic (exact) mass is 710 g/mol. The van der Waals surface area contributed by atoms with Crippen molar-refractivity contribution >= 4 is 34.5 Å². The number of aromatic amines is 1. The van der Waals surface area contributed by atoms with Gasteiger partial charge in [-0.25, -0.2) is 4.98 Å². The number of carbonyl (C=O) groups is 1. The molecule has 1 atom stereocenters. The second-order valence-corrected chi connectivity index (χ2v) is 15.1. The normalized spacial score (nSPS) is 14.7. The van der Waals surface area contributed by atoms with Crippen molar-refractivity contribution in [2.45, 2.75) is 83.8 Å². The van der Waals surface area contributed by atoms with E-state index in [1.165, 1.54) is 0 Å². The predicted octanol–water partition coefficient (Wildman–Crippen LogP) is 9.12. The summed E-state index contributed by atoms with van der Waals surface area (Å²) in [7, 11) is 0. The van der Waals surface area contributed by atoms with Crippen molar-refractivity contribution < 1.29 is 18.8 Å². The molecule has 5 rings (SSSR count). The molecule has 2 N–H and O–H groups in total. The highest BCUT2D eigenvalue weighted by Crippen LogP contribution is 2.33. The number of imidazole rings is 1. The number of ether oxygens (including phenoxy) is 2. The van der Waals surface area contributed by atoms with Crippen LogP contribution in [-0.4, -0.2) is 53.3 Å². The third-order valence-electron chi connectivity index (χ3n) is 8.95. The molecule has 2 heterocycles. The fourth-order valence-corrected chi connectivity index (χ4v) is 7.42. The van der Waals surface area contributed by atoms with Gasteiger partial charge in [-0.1, -0.05) is 52.3 Å². The standard InChI is InChI=1S/C42H54N4O4S/c1-6-8-23-49-24-25-50-37-17-12-32(13-18-37)33-14-21-40-35(26-33)27-34(11-9-22-46(40)28-30(3)4)42(47)44-36-15-19-38(20-16-36)51(48)29-39-31(5)43-41(45-39)10-7-2/h12-21,26-27,30H,6-11,22-25,28-29H2,1-5H3,(H,43,45)(H,44,47)/b34-27+.